The van der Waals surface area contributed by atoms with Crippen molar-refractivity contribution >= 4 is 29.1 Å². The van der Waals surface area contributed by atoms with Gasteiger partial charge in [0.2, 0.25) is 0 Å². The molecular formula is C14H12ClFN2O3. The first-order chi connectivity index (χ1) is 9.92. The molecule has 1 aromatic heterocycles. The lowest BCUT2D eigenvalue weighted by molar-refractivity contribution is 0.0697. The molecule has 2 rings (SSSR count). The molecule has 0 spiro atoms. The van der Waals surface area contributed by atoms with Crippen molar-refractivity contribution in [3.8, 4) is 5.75 Å². The van der Waals surface area contributed by atoms with Crippen molar-refractivity contribution < 1.29 is 19.0 Å². The second-order valence-corrected chi connectivity index (χ2v) is 4.69. The SMILES string of the molecule is COc1cc(Cl)c(C)cc1Nc1ncc(F)cc1C(=O)O. The fraction of sp³-hybridized carbons (Fsp3) is 0.143. The quantitative estimate of drug-likeness (QED) is 0.902. The zero-order valence-corrected chi connectivity index (χ0v) is 12.0. The van der Waals surface area contributed by atoms with Crippen LogP contribution in [0.2, 0.25) is 5.02 Å². The number of aryl methyl sites for hydroxylation is 1. The number of aromatic nitrogens is 1. The van der Waals surface area contributed by atoms with Crippen LogP contribution in [-0.4, -0.2) is 23.2 Å². The van der Waals surface area contributed by atoms with E-state index >= 15 is 0 Å². The van der Waals surface area contributed by atoms with Gasteiger partial charge in [-0.15, -0.1) is 0 Å². The molecular weight excluding hydrogens is 299 g/mol. The molecule has 0 radical (unpaired) electrons. The highest BCUT2D eigenvalue weighted by molar-refractivity contribution is 6.31. The zero-order valence-electron chi connectivity index (χ0n) is 11.3. The summed E-state index contributed by atoms with van der Waals surface area (Å²) in [5.41, 5.74) is 0.990. The van der Waals surface area contributed by atoms with E-state index in [2.05, 4.69) is 10.3 Å². The highest BCUT2D eigenvalue weighted by atomic mass is 35.5. The smallest absolute Gasteiger partial charge is 0.339 e. The van der Waals surface area contributed by atoms with Gasteiger partial charge in [0, 0.05) is 11.1 Å². The Morgan fingerprint density at radius 2 is 2.14 bits per heavy atom. The Labute approximate surface area is 125 Å². The number of benzene rings is 1. The van der Waals surface area contributed by atoms with Crippen molar-refractivity contribution in [2.45, 2.75) is 6.92 Å². The Morgan fingerprint density at radius 1 is 1.43 bits per heavy atom. The van der Waals surface area contributed by atoms with Gasteiger partial charge in [-0.25, -0.2) is 14.2 Å². The number of pyridine rings is 1. The van der Waals surface area contributed by atoms with E-state index in [0.717, 1.165) is 17.8 Å². The van der Waals surface area contributed by atoms with E-state index in [9.17, 15) is 9.18 Å². The maximum atomic E-state index is 13.1. The molecule has 0 unspecified atom stereocenters. The maximum Gasteiger partial charge on any atom is 0.339 e. The van der Waals surface area contributed by atoms with Gasteiger partial charge in [0.1, 0.15) is 22.9 Å². The summed E-state index contributed by atoms with van der Waals surface area (Å²) in [6, 6.07) is 4.19. The average Bonchev–Trinajstić information content (AvgIpc) is 2.44. The van der Waals surface area contributed by atoms with Crippen LogP contribution >= 0.6 is 11.6 Å². The van der Waals surface area contributed by atoms with Crippen LogP contribution in [0.3, 0.4) is 0 Å². The summed E-state index contributed by atoms with van der Waals surface area (Å²) in [6.45, 7) is 1.79. The third-order valence-corrected chi connectivity index (χ3v) is 3.23. The normalized spacial score (nSPS) is 10.3. The van der Waals surface area contributed by atoms with Crippen molar-refractivity contribution in [2.75, 3.05) is 12.4 Å². The van der Waals surface area contributed by atoms with Gasteiger partial charge in [0.15, 0.2) is 0 Å². The summed E-state index contributed by atoms with van der Waals surface area (Å²) in [5, 5.41) is 12.4. The van der Waals surface area contributed by atoms with Gasteiger partial charge < -0.3 is 15.2 Å². The molecule has 0 fully saturated rings. The lowest BCUT2D eigenvalue weighted by Crippen LogP contribution is -2.06. The van der Waals surface area contributed by atoms with Crippen LogP contribution < -0.4 is 10.1 Å². The number of methoxy groups -OCH3 is 1. The fourth-order valence-corrected chi connectivity index (χ4v) is 1.91. The van der Waals surface area contributed by atoms with Gasteiger partial charge in [0.25, 0.3) is 0 Å². The summed E-state index contributed by atoms with van der Waals surface area (Å²) < 4.78 is 18.3. The third-order valence-electron chi connectivity index (χ3n) is 2.82. The number of carboxylic acid groups (broad SMARTS) is 1. The molecule has 7 heteroatoms. The van der Waals surface area contributed by atoms with Crippen LogP contribution in [-0.2, 0) is 0 Å². The number of hydrogen-bond donors (Lipinski definition) is 2. The monoisotopic (exact) mass is 310 g/mol. The highest BCUT2D eigenvalue weighted by Crippen LogP contribution is 2.33. The summed E-state index contributed by atoms with van der Waals surface area (Å²) in [4.78, 5) is 14.9. The molecule has 2 aromatic rings. The van der Waals surface area contributed by atoms with Crippen molar-refractivity contribution in [2.24, 2.45) is 0 Å². The summed E-state index contributed by atoms with van der Waals surface area (Å²) in [7, 11) is 1.46. The average molecular weight is 311 g/mol. The minimum Gasteiger partial charge on any atom is -0.495 e. The second-order valence-electron chi connectivity index (χ2n) is 4.28. The largest absolute Gasteiger partial charge is 0.495 e. The molecule has 21 heavy (non-hydrogen) atoms. The Morgan fingerprint density at radius 3 is 2.76 bits per heavy atom. The van der Waals surface area contributed by atoms with E-state index in [1.54, 1.807) is 19.1 Å². The topological polar surface area (TPSA) is 71.5 Å². The lowest BCUT2D eigenvalue weighted by Gasteiger charge is -2.14. The van der Waals surface area contributed by atoms with Crippen LogP contribution in [0, 0.1) is 12.7 Å². The number of carboxylic acids is 1. The van der Waals surface area contributed by atoms with Crippen LogP contribution in [0.5, 0.6) is 5.75 Å². The highest BCUT2D eigenvalue weighted by Gasteiger charge is 2.15. The van der Waals surface area contributed by atoms with E-state index in [0.29, 0.717) is 16.5 Å². The molecule has 0 saturated heterocycles. The van der Waals surface area contributed by atoms with Crippen LogP contribution in [0.4, 0.5) is 15.9 Å². The molecule has 0 atom stereocenters. The van der Waals surface area contributed by atoms with Crippen LogP contribution in [0.1, 0.15) is 15.9 Å². The number of aromatic carboxylic acids is 1. The molecule has 2 N–H and O–H groups in total. The molecule has 110 valence electrons. The number of rotatable bonds is 4. The van der Waals surface area contributed by atoms with Crippen LogP contribution in [0.15, 0.2) is 24.4 Å². The third kappa shape index (κ3) is 3.22. The van der Waals surface area contributed by atoms with E-state index in [-0.39, 0.29) is 11.4 Å². The van der Waals surface area contributed by atoms with E-state index < -0.39 is 11.8 Å². The van der Waals surface area contributed by atoms with Gasteiger partial charge in [-0.2, -0.15) is 0 Å². The first-order valence-electron chi connectivity index (χ1n) is 5.92. The number of carbonyl (C=O) groups is 1. The predicted octanol–water partition coefficient (Wildman–Crippen LogP) is 3.63. The first kappa shape index (κ1) is 15.1. The first-order valence-corrected chi connectivity index (χ1v) is 6.30. The van der Waals surface area contributed by atoms with Gasteiger partial charge in [-0.1, -0.05) is 11.6 Å². The van der Waals surface area contributed by atoms with Crippen LogP contribution in [0.25, 0.3) is 0 Å². The Hall–Kier alpha value is -2.34. The number of hydrogen-bond acceptors (Lipinski definition) is 4. The van der Waals surface area contributed by atoms with Gasteiger partial charge in [0.05, 0.1) is 19.0 Å². The number of halogens is 2. The number of nitrogens with one attached hydrogen (secondary N) is 1. The standard InChI is InChI=1S/C14H12ClFN2O3/c1-7-3-11(12(21-2)5-10(7)15)18-13-9(14(19)20)4-8(16)6-17-13/h3-6H,1-2H3,(H,17,18)(H,19,20). The van der Waals surface area contributed by atoms with Crippen molar-refractivity contribution in [1.29, 1.82) is 0 Å². The van der Waals surface area contributed by atoms with Crippen molar-refractivity contribution in [1.82, 2.24) is 4.98 Å². The second kappa shape index (κ2) is 5.97. The van der Waals surface area contributed by atoms with Gasteiger partial charge >= 0.3 is 5.97 Å². The van der Waals surface area contributed by atoms with Gasteiger partial charge in [-0.3, -0.25) is 0 Å². The molecule has 5 nitrogen and oxygen atoms in total. The molecule has 0 aliphatic heterocycles. The molecule has 1 aromatic carbocycles. The summed E-state index contributed by atoms with van der Waals surface area (Å²) in [6.07, 6.45) is 0.935. The minimum atomic E-state index is -1.28. The predicted molar refractivity (Wildman–Crippen MR) is 77.2 cm³/mol. The molecule has 0 bridgehead atoms. The van der Waals surface area contributed by atoms with E-state index in [4.69, 9.17) is 21.4 Å². The fourth-order valence-electron chi connectivity index (χ4n) is 1.76. The van der Waals surface area contributed by atoms with Crippen molar-refractivity contribution in [3.05, 3.63) is 46.4 Å². The Bertz CT molecular complexity index is 707. The number of ether oxygens (including phenoxy) is 1. The Balaban J connectivity index is 2.47. The van der Waals surface area contributed by atoms with Crippen molar-refractivity contribution in [3.63, 3.8) is 0 Å². The van der Waals surface area contributed by atoms with E-state index in [1.807, 2.05) is 0 Å². The lowest BCUT2D eigenvalue weighted by atomic mass is 10.2. The van der Waals surface area contributed by atoms with E-state index in [1.165, 1.54) is 7.11 Å². The summed E-state index contributed by atoms with van der Waals surface area (Å²) in [5.74, 6) is -1.57. The van der Waals surface area contributed by atoms with Gasteiger partial charge in [-0.05, 0) is 24.6 Å². The molecule has 1 heterocycles. The molecule has 0 saturated carbocycles. The molecule has 0 aliphatic carbocycles. The maximum absolute atomic E-state index is 13.1. The molecule has 0 aliphatic rings. The number of anilines is 2. The molecule has 0 amide bonds. The summed E-state index contributed by atoms with van der Waals surface area (Å²) >= 11 is 6.00. The Kier molecular flexibility index (Phi) is 4.28. The minimum absolute atomic E-state index is 0.0175. The zero-order chi connectivity index (χ0) is 15.6. The number of nitrogens with zero attached hydrogens (tertiary/aromatic N) is 1.